The molecule has 2 N–H and O–H groups in total. The predicted octanol–water partition coefficient (Wildman–Crippen LogP) is 3.49. The molecule has 1 heterocycles. The van der Waals surface area contributed by atoms with Crippen LogP contribution in [0.5, 0.6) is 5.75 Å². The molecule has 0 aliphatic carbocycles. The lowest BCUT2D eigenvalue weighted by Crippen LogP contribution is -2.34. The highest BCUT2D eigenvalue weighted by molar-refractivity contribution is 5.84. The van der Waals surface area contributed by atoms with E-state index in [1.165, 1.54) is 6.33 Å². The van der Waals surface area contributed by atoms with E-state index >= 15 is 0 Å². The van der Waals surface area contributed by atoms with E-state index in [0.717, 1.165) is 33.2 Å². The number of nitrogens with one attached hydrogen (secondary N) is 2. The van der Waals surface area contributed by atoms with Crippen LogP contribution in [0, 0.1) is 0 Å². The zero-order valence-corrected chi connectivity index (χ0v) is 16.7. The molecule has 0 spiro atoms. The maximum Gasteiger partial charge on any atom is 0.315 e. The molecule has 152 valence electrons. The number of hydrogen-bond acceptors (Lipinski definition) is 4. The number of carbonyl (C=O) groups is 1. The maximum absolute atomic E-state index is 12.2. The van der Waals surface area contributed by atoms with Crippen LogP contribution in [0.25, 0.3) is 10.8 Å². The van der Waals surface area contributed by atoms with Crippen molar-refractivity contribution in [3.63, 3.8) is 0 Å². The summed E-state index contributed by atoms with van der Waals surface area (Å²) in [5.74, 6) is 0.833. The molecule has 0 saturated carbocycles. The number of nitrogens with zero attached hydrogens (tertiary/aromatic N) is 3. The van der Waals surface area contributed by atoms with Crippen molar-refractivity contribution in [1.82, 2.24) is 25.4 Å². The van der Waals surface area contributed by atoms with Crippen molar-refractivity contribution >= 4 is 16.8 Å². The molecular weight excluding hydrogens is 378 g/mol. The van der Waals surface area contributed by atoms with Gasteiger partial charge < -0.3 is 15.4 Å². The fourth-order valence-electron chi connectivity index (χ4n) is 3.20. The minimum Gasteiger partial charge on any atom is -0.497 e. The Labute approximate surface area is 174 Å². The van der Waals surface area contributed by atoms with Gasteiger partial charge in [-0.05, 0) is 45.7 Å². The van der Waals surface area contributed by atoms with E-state index in [0.29, 0.717) is 19.6 Å². The van der Waals surface area contributed by atoms with Crippen LogP contribution in [-0.4, -0.2) is 27.9 Å². The summed E-state index contributed by atoms with van der Waals surface area (Å²) in [5, 5.41) is 12.1. The van der Waals surface area contributed by atoms with Gasteiger partial charge in [-0.2, -0.15) is 5.10 Å². The highest BCUT2D eigenvalue weighted by Crippen LogP contribution is 2.21. The minimum absolute atomic E-state index is 0.198. The first-order valence-electron chi connectivity index (χ1n) is 9.68. The number of rotatable bonds is 7. The van der Waals surface area contributed by atoms with E-state index in [1.54, 1.807) is 18.1 Å². The van der Waals surface area contributed by atoms with Crippen molar-refractivity contribution in [3.8, 4) is 5.75 Å². The Morgan fingerprint density at radius 1 is 0.900 bits per heavy atom. The Bertz CT molecular complexity index is 1120. The summed E-state index contributed by atoms with van der Waals surface area (Å²) in [6.07, 6.45) is 3.21. The third-order valence-corrected chi connectivity index (χ3v) is 4.85. The van der Waals surface area contributed by atoms with Crippen LogP contribution < -0.4 is 15.4 Å². The second-order valence-corrected chi connectivity index (χ2v) is 6.99. The van der Waals surface area contributed by atoms with E-state index in [1.807, 2.05) is 54.6 Å². The van der Waals surface area contributed by atoms with Crippen LogP contribution in [0.15, 0.2) is 73.3 Å². The molecule has 1 aromatic heterocycles. The Hall–Kier alpha value is -3.87. The molecule has 0 saturated heterocycles. The normalized spacial score (nSPS) is 10.7. The van der Waals surface area contributed by atoms with Gasteiger partial charge in [0.05, 0.1) is 13.7 Å². The Kier molecular flexibility index (Phi) is 5.89. The minimum atomic E-state index is -0.198. The second-order valence-electron chi connectivity index (χ2n) is 6.99. The van der Waals surface area contributed by atoms with Crippen LogP contribution in [0.4, 0.5) is 4.79 Å². The molecule has 2 amide bonds. The lowest BCUT2D eigenvalue weighted by atomic mass is 10.1. The second kappa shape index (κ2) is 9.09. The monoisotopic (exact) mass is 401 g/mol. The number of urea groups is 1. The Balaban J connectivity index is 1.26. The first kappa shape index (κ1) is 19.4. The highest BCUT2D eigenvalue weighted by atomic mass is 16.5. The van der Waals surface area contributed by atoms with Crippen molar-refractivity contribution in [2.75, 3.05) is 7.11 Å². The average Bonchev–Trinajstić information content (AvgIpc) is 3.29. The number of benzene rings is 3. The predicted molar refractivity (Wildman–Crippen MR) is 115 cm³/mol. The topological polar surface area (TPSA) is 81.1 Å². The summed E-state index contributed by atoms with van der Waals surface area (Å²) in [7, 11) is 1.66. The van der Waals surface area contributed by atoms with Crippen LogP contribution in [0.3, 0.4) is 0 Å². The number of methoxy groups -OCH3 is 1. The molecule has 4 aromatic rings. The number of hydrogen-bond donors (Lipinski definition) is 2. The van der Waals surface area contributed by atoms with Gasteiger partial charge >= 0.3 is 6.03 Å². The van der Waals surface area contributed by atoms with Crippen molar-refractivity contribution in [2.24, 2.45) is 0 Å². The van der Waals surface area contributed by atoms with Gasteiger partial charge in [0.15, 0.2) is 0 Å². The molecule has 30 heavy (non-hydrogen) atoms. The first-order valence-corrected chi connectivity index (χ1v) is 9.68. The van der Waals surface area contributed by atoms with Crippen LogP contribution in [-0.2, 0) is 19.6 Å². The summed E-state index contributed by atoms with van der Waals surface area (Å²) in [4.78, 5) is 16.1. The molecule has 0 radical (unpaired) electrons. The maximum atomic E-state index is 12.2. The summed E-state index contributed by atoms with van der Waals surface area (Å²) in [6.45, 7) is 1.60. The molecular formula is C23H23N5O2. The zero-order valence-electron chi connectivity index (χ0n) is 16.7. The molecule has 0 unspecified atom stereocenters. The molecule has 3 aromatic carbocycles. The van der Waals surface area contributed by atoms with Crippen molar-refractivity contribution in [3.05, 3.63) is 90.0 Å². The molecule has 0 fully saturated rings. The molecule has 4 rings (SSSR count). The number of fused-ring (bicyclic) bond motifs is 1. The molecule has 0 aliphatic rings. The van der Waals surface area contributed by atoms with Gasteiger partial charge in [-0.25, -0.2) is 14.5 Å². The van der Waals surface area contributed by atoms with Crippen molar-refractivity contribution in [2.45, 2.75) is 19.6 Å². The van der Waals surface area contributed by atoms with Crippen LogP contribution >= 0.6 is 0 Å². The van der Waals surface area contributed by atoms with Crippen molar-refractivity contribution in [1.29, 1.82) is 0 Å². The van der Waals surface area contributed by atoms with E-state index < -0.39 is 0 Å². The average molecular weight is 401 g/mol. The largest absolute Gasteiger partial charge is 0.497 e. The number of carbonyl (C=O) groups excluding carboxylic acids is 1. The van der Waals surface area contributed by atoms with Gasteiger partial charge in [0.1, 0.15) is 18.4 Å². The number of ether oxygens (including phenoxy) is 1. The molecule has 7 heteroatoms. The van der Waals surface area contributed by atoms with Crippen LogP contribution in [0.2, 0.25) is 0 Å². The van der Waals surface area contributed by atoms with Gasteiger partial charge in [-0.1, -0.05) is 42.5 Å². The lowest BCUT2D eigenvalue weighted by molar-refractivity contribution is 0.240. The van der Waals surface area contributed by atoms with Gasteiger partial charge in [0.2, 0.25) is 0 Å². The summed E-state index contributed by atoms with van der Waals surface area (Å²) < 4.78 is 7.02. The van der Waals surface area contributed by atoms with E-state index in [2.05, 4.69) is 26.8 Å². The van der Waals surface area contributed by atoms with Gasteiger partial charge in [0.25, 0.3) is 0 Å². The molecule has 0 aliphatic heterocycles. The summed E-state index contributed by atoms with van der Waals surface area (Å²) in [6, 6.07) is 19.9. The fraction of sp³-hybridized carbons (Fsp3) is 0.174. The number of amides is 2. The van der Waals surface area contributed by atoms with E-state index in [-0.39, 0.29) is 6.03 Å². The van der Waals surface area contributed by atoms with E-state index in [4.69, 9.17) is 4.74 Å². The van der Waals surface area contributed by atoms with Gasteiger partial charge in [0, 0.05) is 13.1 Å². The van der Waals surface area contributed by atoms with Crippen molar-refractivity contribution < 1.29 is 9.53 Å². The van der Waals surface area contributed by atoms with Gasteiger partial charge in [-0.15, -0.1) is 0 Å². The van der Waals surface area contributed by atoms with E-state index in [9.17, 15) is 4.79 Å². The Morgan fingerprint density at radius 3 is 2.30 bits per heavy atom. The van der Waals surface area contributed by atoms with Crippen LogP contribution in [0.1, 0.15) is 16.7 Å². The summed E-state index contributed by atoms with van der Waals surface area (Å²) >= 11 is 0. The Morgan fingerprint density at radius 2 is 1.57 bits per heavy atom. The fourth-order valence-corrected chi connectivity index (χ4v) is 3.20. The standard InChI is InChI=1S/C23H23N5O2/c1-30-22-9-8-20-10-19(6-7-21(20)11-22)13-26-23(29)25-12-17-2-4-18(5-3-17)14-28-16-24-15-27-28/h2-11,15-16H,12-14H2,1H3,(H2,25,26,29). The first-order chi connectivity index (χ1) is 14.7. The SMILES string of the molecule is COc1ccc2cc(CNC(=O)NCc3ccc(Cn4cncn4)cc3)ccc2c1. The zero-order chi connectivity index (χ0) is 20.8. The third kappa shape index (κ3) is 4.94. The van der Waals surface area contributed by atoms with Gasteiger partial charge in [-0.3, -0.25) is 0 Å². The summed E-state index contributed by atoms with van der Waals surface area (Å²) in [5.41, 5.74) is 3.20. The smallest absolute Gasteiger partial charge is 0.315 e. The highest BCUT2D eigenvalue weighted by Gasteiger charge is 2.03. The quantitative estimate of drug-likeness (QED) is 0.497. The molecule has 0 atom stereocenters. The molecule has 7 nitrogen and oxygen atoms in total. The lowest BCUT2D eigenvalue weighted by Gasteiger charge is -2.10. The third-order valence-electron chi connectivity index (χ3n) is 4.85. The number of aromatic nitrogens is 3. The molecule has 0 bridgehead atoms.